The third kappa shape index (κ3) is 3.14. The van der Waals surface area contributed by atoms with Gasteiger partial charge in [0.25, 0.3) is 0 Å². The van der Waals surface area contributed by atoms with Crippen molar-refractivity contribution in [2.24, 2.45) is 0 Å². The molecule has 5 heteroatoms. The van der Waals surface area contributed by atoms with Crippen molar-refractivity contribution >= 4 is 13.8 Å². The van der Waals surface area contributed by atoms with Gasteiger partial charge in [0.05, 0.1) is 0 Å². The Morgan fingerprint density at radius 3 is 3.09 bits per heavy atom. The van der Waals surface area contributed by atoms with Crippen LogP contribution in [-0.4, -0.2) is 42.9 Å². The molecule has 1 unspecified atom stereocenters. The number of nitrogens with one attached hydrogen (secondary N) is 2. The van der Waals surface area contributed by atoms with E-state index < -0.39 is 6.61 Å². The minimum absolute atomic E-state index is 0.0375. The molecular weight excluding hydrogens is 163 g/mol. The molecule has 1 fully saturated rings. The lowest BCUT2D eigenvalue weighted by atomic mass is 10.7. The van der Waals surface area contributed by atoms with Crippen LogP contribution in [-0.2, 0) is 4.79 Å². The van der Waals surface area contributed by atoms with Crippen LogP contribution < -0.4 is 10.6 Å². The largest absolute Gasteiger partial charge is 0.387 e. The normalized spacial score (nSPS) is 23.5. The van der Waals surface area contributed by atoms with Crippen molar-refractivity contribution in [1.29, 1.82) is 0 Å². The number of aliphatic hydroxyl groups is 1. The quantitative estimate of drug-likeness (QED) is 0.488. The Morgan fingerprint density at radius 1 is 1.73 bits per heavy atom. The number of carbonyl (C=O) groups excluding carboxylic acids is 1. The van der Waals surface area contributed by atoms with E-state index in [0.717, 1.165) is 19.1 Å². The first-order valence-corrected chi connectivity index (χ1v) is 5.53. The lowest BCUT2D eigenvalue weighted by molar-refractivity contribution is -0.123. The highest BCUT2D eigenvalue weighted by molar-refractivity contribution is 7.57. The molecule has 0 spiro atoms. The summed E-state index contributed by atoms with van der Waals surface area (Å²) < 4.78 is 0. The molecule has 1 aliphatic rings. The lowest BCUT2D eigenvalue weighted by Gasteiger charge is -2.08. The van der Waals surface area contributed by atoms with Crippen molar-refractivity contribution in [2.45, 2.75) is 0 Å². The van der Waals surface area contributed by atoms with E-state index in [4.69, 9.17) is 5.11 Å². The van der Waals surface area contributed by atoms with E-state index in [9.17, 15) is 4.79 Å². The summed E-state index contributed by atoms with van der Waals surface area (Å²) in [5.74, 6) is -0.264. The molecule has 0 aromatic rings. The second-order valence-electron chi connectivity index (χ2n) is 2.47. The van der Waals surface area contributed by atoms with Gasteiger partial charge in [-0.1, -0.05) is 7.92 Å². The fraction of sp³-hybridized carbons (Fsp3) is 0.833. The van der Waals surface area contributed by atoms with Crippen LogP contribution in [0.15, 0.2) is 0 Å². The molecule has 64 valence electrons. The zero-order valence-corrected chi connectivity index (χ0v) is 7.23. The fourth-order valence-corrected chi connectivity index (χ4v) is 2.72. The summed E-state index contributed by atoms with van der Waals surface area (Å²) in [7, 11) is -0.0375. The molecule has 11 heavy (non-hydrogen) atoms. The van der Waals surface area contributed by atoms with Gasteiger partial charge in [0, 0.05) is 12.6 Å². The van der Waals surface area contributed by atoms with Crippen molar-refractivity contribution in [2.75, 3.05) is 31.9 Å². The highest BCUT2D eigenvalue weighted by Crippen LogP contribution is 2.34. The van der Waals surface area contributed by atoms with E-state index in [1.165, 1.54) is 6.16 Å². The Hall–Kier alpha value is -0.180. The van der Waals surface area contributed by atoms with E-state index in [1.54, 1.807) is 0 Å². The van der Waals surface area contributed by atoms with Gasteiger partial charge in [-0.25, -0.2) is 0 Å². The molecule has 1 atom stereocenters. The zero-order valence-electron chi connectivity index (χ0n) is 6.34. The van der Waals surface area contributed by atoms with Gasteiger partial charge in [-0.05, 0) is 12.7 Å². The van der Waals surface area contributed by atoms with Crippen molar-refractivity contribution in [3.63, 3.8) is 0 Å². The van der Waals surface area contributed by atoms with Crippen molar-refractivity contribution in [3.8, 4) is 0 Å². The third-order valence-electron chi connectivity index (χ3n) is 1.58. The Labute approximate surface area is 67.1 Å². The van der Waals surface area contributed by atoms with Gasteiger partial charge in [-0.3, -0.25) is 4.79 Å². The molecule has 0 saturated carbocycles. The van der Waals surface area contributed by atoms with Crippen LogP contribution >= 0.6 is 7.92 Å². The summed E-state index contributed by atoms with van der Waals surface area (Å²) in [5.41, 5.74) is 0. The maximum absolute atomic E-state index is 10.6. The maximum atomic E-state index is 10.6. The predicted octanol–water partition coefficient (Wildman–Crippen LogP) is -0.905. The molecule has 3 N–H and O–H groups in total. The van der Waals surface area contributed by atoms with E-state index in [1.807, 2.05) is 0 Å². The molecule has 1 heterocycles. The summed E-state index contributed by atoms with van der Waals surface area (Å²) in [6.45, 7) is 0.678. The number of aliphatic hydroxyl groups excluding tert-OH is 1. The second kappa shape index (κ2) is 4.65. The molecular formula is C6H13N2O2P. The number of amides is 1. The van der Waals surface area contributed by atoms with Crippen LogP contribution in [0, 0.1) is 0 Å². The molecule has 0 aromatic carbocycles. The van der Waals surface area contributed by atoms with E-state index in [2.05, 4.69) is 10.6 Å². The summed E-state index contributed by atoms with van der Waals surface area (Å²) in [6.07, 6.45) is 2.98. The minimum atomic E-state index is -0.392. The van der Waals surface area contributed by atoms with Gasteiger partial charge in [0.1, 0.15) is 6.61 Å². The molecule has 1 aliphatic heterocycles. The van der Waals surface area contributed by atoms with Gasteiger partial charge in [0.2, 0.25) is 5.91 Å². The second-order valence-corrected chi connectivity index (χ2v) is 4.89. The monoisotopic (exact) mass is 176 g/mol. The SMILES string of the molecule is O=C(CO)NCP1CCNC1. The van der Waals surface area contributed by atoms with Gasteiger partial charge in [-0.15, -0.1) is 0 Å². The molecule has 4 nitrogen and oxygen atoms in total. The summed E-state index contributed by atoms with van der Waals surface area (Å²) >= 11 is 0. The Bertz CT molecular complexity index is 137. The molecule has 0 aromatic heterocycles. The van der Waals surface area contributed by atoms with Gasteiger partial charge in [-0.2, -0.15) is 0 Å². The van der Waals surface area contributed by atoms with Crippen molar-refractivity contribution in [3.05, 3.63) is 0 Å². The molecule has 1 saturated heterocycles. The molecule has 1 rings (SSSR count). The summed E-state index contributed by atoms with van der Waals surface area (Å²) in [4.78, 5) is 10.6. The first kappa shape index (κ1) is 8.91. The van der Waals surface area contributed by atoms with Crippen LogP contribution in [0.5, 0.6) is 0 Å². The number of rotatable bonds is 3. The maximum Gasteiger partial charge on any atom is 0.245 e. The summed E-state index contributed by atoms with van der Waals surface area (Å²) in [5, 5.41) is 14.3. The molecule has 0 bridgehead atoms. The smallest absolute Gasteiger partial charge is 0.245 e. The molecule has 1 amide bonds. The van der Waals surface area contributed by atoms with Gasteiger partial charge in [0.15, 0.2) is 0 Å². The first-order chi connectivity index (χ1) is 5.33. The van der Waals surface area contributed by atoms with E-state index in [0.29, 0.717) is 0 Å². The van der Waals surface area contributed by atoms with Gasteiger partial charge >= 0.3 is 0 Å². The first-order valence-electron chi connectivity index (χ1n) is 3.63. The number of carbonyl (C=O) groups is 1. The Kier molecular flexibility index (Phi) is 3.77. The van der Waals surface area contributed by atoms with Crippen LogP contribution in [0.3, 0.4) is 0 Å². The van der Waals surface area contributed by atoms with Crippen LogP contribution in [0.4, 0.5) is 0 Å². The fourth-order valence-electron chi connectivity index (χ4n) is 0.944. The van der Waals surface area contributed by atoms with Crippen molar-refractivity contribution in [1.82, 2.24) is 10.6 Å². The average molecular weight is 176 g/mol. The Morgan fingerprint density at radius 2 is 2.55 bits per heavy atom. The number of hydrogen-bond acceptors (Lipinski definition) is 3. The van der Waals surface area contributed by atoms with Crippen LogP contribution in [0.1, 0.15) is 0 Å². The molecule has 0 radical (unpaired) electrons. The topological polar surface area (TPSA) is 61.4 Å². The highest BCUT2D eigenvalue weighted by atomic mass is 31.1. The van der Waals surface area contributed by atoms with Crippen LogP contribution in [0.2, 0.25) is 0 Å². The van der Waals surface area contributed by atoms with E-state index in [-0.39, 0.29) is 13.8 Å². The third-order valence-corrected chi connectivity index (χ3v) is 3.72. The van der Waals surface area contributed by atoms with Crippen LogP contribution in [0.25, 0.3) is 0 Å². The summed E-state index contributed by atoms with van der Waals surface area (Å²) in [6, 6.07) is 0. The van der Waals surface area contributed by atoms with Crippen molar-refractivity contribution < 1.29 is 9.90 Å². The standard InChI is InChI=1S/C6H13N2O2P/c9-3-6(10)8-5-11-2-1-7-4-11/h7,9H,1-5H2,(H,8,10). The lowest BCUT2D eigenvalue weighted by Crippen LogP contribution is -2.26. The predicted molar refractivity (Wildman–Crippen MR) is 44.8 cm³/mol. The zero-order chi connectivity index (χ0) is 8.10. The number of hydrogen-bond donors (Lipinski definition) is 3. The van der Waals surface area contributed by atoms with E-state index >= 15 is 0 Å². The minimum Gasteiger partial charge on any atom is -0.387 e. The average Bonchev–Trinajstić information content (AvgIpc) is 2.52. The van der Waals surface area contributed by atoms with Gasteiger partial charge < -0.3 is 15.7 Å². The Balaban J connectivity index is 2.06. The highest BCUT2D eigenvalue weighted by Gasteiger charge is 2.13. The molecule has 0 aliphatic carbocycles.